The zero-order chi connectivity index (χ0) is 15.0. The molecule has 0 saturated carbocycles. The molecule has 0 spiro atoms. The number of hydrogen-bond acceptors (Lipinski definition) is 3. The van der Waals surface area contributed by atoms with Crippen LogP contribution in [0.1, 0.15) is 26.2 Å². The molecule has 0 aliphatic rings. The van der Waals surface area contributed by atoms with E-state index in [1.54, 1.807) is 11.9 Å². The smallest absolute Gasteiger partial charge is 0.223 e. The number of benzene rings is 1. The fraction of sp³-hybridized carbons (Fsp3) is 0.533. The fourth-order valence-corrected chi connectivity index (χ4v) is 2.07. The minimum Gasteiger partial charge on any atom is -0.492 e. The van der Waals surface area contributed by atoms with E-state index in [1.807, 2.05) is 24.3 Å². The second-order valence-electron chi connectivity index (χ2n) is 4.87. The molecule has 0 bridgehead atoms. The molecule has 20 heavy (non-hydrogen) atoms. The summed E-state index contributed by atoms with van der Waals surface area (Å²) in [6.07, 6.45) is 2.29. The Kier molecular flexibility index (Phi) is 7.62. The van der Waals surface area contributed by atoms with Crippen molar-refractivity contribution in [2.75, 3.05) is 20.2 Å². The lowest BCUT2D eigenvalue weighted by atomic mass is 10.1. The van der Waals surface area contributed by atoms with Gasteiger partial charge in [-0.2, -0.15) is 0 Å². The van der Waals surface area contributed by atoms with E-state index in [-0.39, 0.29) is 11.9 Å². The summed E-state index contributed by atoms with van der Waals surface area (Å²) in [6.45, 7) is 3.11. The predicted octanol–water partition coefficient (Wildman–Crippen LogP) is 2.80. The highest BCUT2D eigenvalue weighted by Crippen LogP contribution is 2.15. The highest BCUT2D eigenvalue weighted by molar-refractivity contribution is 9.10. The van der Waals surface area contributed by atoms with E-state index in [1.165, 1.54) is 0 Å². The Labute approximate surface area is 129 Å². The third-order valence-corrected chi connectivity index (χ3v) is 3.56. The maximum atomic E-state index is 11.9. The van der Waals surface area contributed by atoms with Crippen molar-refractivity contribution in [1.82, 2.24) is 4.90 Å². The van der Waals surface area contributed by atoms with Crippen LogP contribution in [0.4, 0.5) is 0 Å². The van der Waals surface area contributed by atoms with Crippen LogP contribution in [-0.4, -0.2) is 37.0 Å². The number of carbonyl (C=O) groups excluding carboxylic acids is 1. The van der Waals surface area contributed by atoms with Crippen molar-refractivity contribution < 1.29 is 9.53 Å². The van der Waals surface area contributed by atoms with Crippen LogP contribution < -0.4 is 10.5 Å². The van der Waals surface area contributed by atoms with Gasteiger partial charge in [0.2, 0.25) is 5.91 Å². The Morgan fingerprint density at radius 3 is 2.65 bits per heavy atom. The molecule has 0 saturated heterocycles. The normalized spacial score (nSPS) is 12.0. The number of ether oxygens (including phenoxy) is 1. The first-order chi connectivity index (χ1) is 9.52. The van der Waals surface area contributed by atoms with Gasteiger partial charge in [-0.1, -0.05) is 29.3 Å². The van der Waals surface area contributed by atoms with Gasteiger partial charge in [0.25, 0.3) is 0 Å². The zero-order valence-electron chi connectivity index (χ0n) is 12.1. The Balaban J connectivity index is 2.26. The van der Waals surface area contributed by atoms with Crippen LogP contribution >= 0.6 is 15.9 Å². The first kappa shape index (κ1) is 17.0. The van der Waals surface area contributed by atoms with Crippen molar-refractivity contribution in [3.63, 3.8) is 0 Å². The molecular formula is C15H23BrN2O2. The number of likely N-dealkylation sites (N-methyl/N-ethyl adjacent to an activating group) is 1. The van der Waals surface area contributed by atoms with Gasteiger partial charge in [-0.05, 0) is 30.7 Å². The van der Waals surface area contributed by atoms with Gasteiger partial charge in [0, 0.05) is 24.0 Å². The number of rotatable bonds is 8. The van der Waals surface area contributed by atoms with Gasteiger partial charge in [0.1, 0.15) is 12.4 Å². The summed E-state index contributed by atoms with van der Waals surface area (Å²) in [6, 6.07) is 7.59. The third kappa shape index (κ3) is 6.39. The highest BCUT2D eigenvalue weighted by Gasteiger charge is 2.13. The van der Waals surface area contributed by atoms with Crippen LogP contribution in [0.2, 0.25) is 0 Å². The van der Waals surface area contributed by atoms with Gasteiger partial charge >= 0.3 is 0 Å². The molecule has 0 radical (unpaired) electrons. The summed E-state index contributed by atoms with van der Waals surface area (Å²) in [7, 11) is 1.78. The Morgan fingerprint density at radius 1 is 1.40 bits per heavy atom. The molecule has 0 aliphatic heterocycles. The number of carbonyl (C=O) groups is 1. The monoisotopic (exact) mass is 342 g/mol. The summed E-state index contributed by atoms with van der Waals surface area (Å²) >= 11 is 3.37. The van der Waals surface area contributed by atoms with Gasteiger partial charge in [-0.3, -0.25) is 4.79 Å². The highest BCUT2D eigenvalue weighted by atomic mass is 79.9. The van der Waals surface area contributed by atoms with Crippen LogP contribution in [0, 0.1) is 0 Å². The summed E-state index contributed by atoms with van der Waals surface area (Å²) in [5, 5.41) is 0. The number of nitrogens with two attached hydrogens (primary N) is 1. The van der Waals surface area contributed by atoms with Crippen LogP contribution in [0.25, 0.3) is 0 Å². The summed E-state index contributed by atoms with van der Waals surface area (Å²) in [5.41, 5.74) is 5.87. The minimum absolute atomic E-state index is 0.0395. The van der Waals surface area contributed by atoms with Crippen LogP contribution in [-0.2, 0) is 4.79 Å². The largest absolute Gasteiger partial charge is 0.492 e. The van der Waals surface area contributed by atoms with E-state index in [9.17, 15) is 4.79 Å². The van der Waals surface area contributed by atoms with Gasteiger partial charge in [-0.25, -0.2) is 0 Å². The maximum absolute atomic E-state index is 11.9. The number of hydrogen-bond donors (Lipinski definition) is 1. The third-order valence-electron chi connectivity index (χ3n) is 3.03. The standard InChI is InChI=1S/C15H23BrN2O2/c1-3-4-13(17)11-15(19)18(2)9-10-20-14-7-5-12(16)6-8-14/h5-8,13H,3-4,9-11,17H2,1-2H3. The van der Waals surface area contributed by atoms with Crippen LogP contribution in [0.15, 0.2) is 28.7 Å². The van der Waals surface area contributed by atoms with E-state index in [2.05, 4.69) is 22.9 Å². The molecule has 2 N–H and O–H groups in total. The molecule has 1 aromatic carbocycles. The second kappa shape index (κ2) is 8.97. The predicted molar refractivity (Wildman–Crippen MR) is 84.8 cm³/mol. The zero-order valence-corrected chi connectivity index (χ0v) is 13.7. The van der Waals surface area contributed by atoms with E-state index in [4.69, 9.17) is 10.5 Å². The Hall–Kier alpha value is -1.07. The molecular weight excluding hydrogens is 320 g/mol. The van der Waals surface area contributed by atoms with Crippen LogP contribution in [0.3, 0.4) is 0 Å². The second-order valence-corrected chi connectivity index (χ2v) is 5.79. The first-order valence-electron chi connectivity index (χ1n) is 6.90. The maximum Gasteiger partial charge on any atom is 0.223 e. The van der Waals surface area contributed by atoms with Crippen LogP contribution in [0.5, 0.6) is 5.75 Å². The number of halogens is 1. The van der Waals surface area contributed by atoms with Crippen molar-refractivity contribution in [1.29, 1.82) is 0 Å². The van der Waals surface area contributed by atoms with E-state index < -0.39 is 0 Å². The molecule has 4 nitrogen and oxygen atoms in total. The SMILES string of the molecule is CCCC(N)CC(=O)N(C)CCOc1ccc(Br)cc1. The van der Waals surface area contributed by atoms with Crippen molar-refractivity contribution >= 4 is 21.8 Å². The summed E-state index contributed by atoms with van der Waals surface area (Å²) in [5.74, 6) is 0.877. The number of amides is 1. The lowest BCUT2D eigenvalue weighted by Gasteiger charge is -2.19. The van der Waals surface area contributed by atoms with Gasteiger partial charge in [0.05, 0.1) is 6.54 Å². The molecule has 0 aliphatic carbocycles. The van der Waals surface area contributed by atoms with E-state index in [0.29, 0.717) is 19.6 Å². The molecule has 0 aromatic heterocycles. The Bertz CT molecular complexity index is 409. The molecule has 1 aromatic rings. The molecule has 112 valence electrons. The Morgan fingerprint density at radius 2 is 2.05 bits per heavy atom. The quantitative estimate of drug-likeness (QED) is 0.790. The lowest BCUT2D eigenvalue weighted by Crippen LogP contribution is -2.35. The molecule has 1 amide bonds. The summed E-state index contributed by atoms with van der Waals surface area (Å²) < 4.78 is 6.60. The van der Waals surface area contributed by atoms with Crippen molar-refractivity contribution in [2.45, 2.75) is 32.2 Å². The topological polar surface area (TPSA) is 55.6 Å². The first-order valence-corrected chi connectivity index (χ1v) is 7.70. The van der Waals surface area contributed by atoms with Crippen molar-refractivity contribution in [2.24, 2.45) is 5.73 Å². The average molecular weight is 343 g/mol. The minimum atomic E-state index is -0.0395. The molecule has 0 fully saturated rings. The van der Waals surface area contributed by atoms with Gasteiger partial charge in [0.15, 0.2) is 0 Å². The molecule has 0 heterocycles. The molecule has 1 rings (SSSR count). The molecule has 1 atom stereocenters. The summed E-state index contributed by atoms with van der Waals surface area (Å²) in [4.78, 5) is 13.6. The number of nitrogens with zero attached hydrogens (tertiary/aromatic N) is 1. The average Bonchev–Trinajstić information content (AvgIpc) is 2.41. The lowest BCUT2D eigenvalue weighted by molar-refractivity contribution is -0.130. The van der Waals surface area contributed by atoms with Crippen molar-refractivity contribution in [3.05, 3.63) is 28.7 Å². The fourth-order valence-electron chi connectivity index (χ4n) is 1.81. The van der Waals surface area contributed by atoms with E-state index in [0.717, 1.165) is 23.1 Å². The van der Waals surface area contributed by atoms with Gasteiger partial charge in [-0.15, -0.1) is 0 Å². The van der Waals surface area contributed by atoms with E-state index >= 15 is 0 Å². The van der Waals surface area contributed by atoms with Crippen molar-refractivity contribution in [3.8, 4) is 5.75 Å². The van der Waals surface area contributed by atoms with Gasteiger partial charge < -0.3 is 15.4 Å². The molecule has 1 unspecified atom stereocenters. The molecule has 5 heteroatoms.